The van der Waals surface area contributed by atoms with E-state index in [0.29, 0.717) is 42.5 Å². The number of nitrogens with zero attached hydrogens (tertiary/aromatic N) is 2. The number of hydrogen-bond acceptors (Lipinski definition) is 4. The van der Waals surface area contributed by atoms with Crippen molar-refractivity contribution in [2.24, 2.45) is 0 Å². The van der Waals surface area contributed by atoms with Gasteiger partial charge in [0.15, 0.2) is 6.61 Å². The average molecular weight is 370 g/mol. The molecule has 0 aliphatic carbocycles. The molecule has 0 bridgehead atoms. The Balaban J connectivity index is 1.42. The molecule has 5 nitrogen and oxygen atoms in total. The number of carbonyl (C=O) groups excluding carboxylic acids is 1. The highest BCUT2D eigenvalue weighted by Gasteiger charge is 2.26. The minimum atomic E-state index is -0.381. The Bertz CT molecular complexity index is 952. The monoisotopic (exact) mass is 370 g/mol. The minimum absolute atomic E-state index is 0.116. The third-order valence-electron chi connectivity index (χ3n) is 4.33. The Morgan fingerprint density at radius 1 is 1.07 bits per heavy atom. The van der Waals surface area contributed by atoms with Crippen LogP contribution in [0.1, 0.15) is 27.7 Å². The number of ether oxygens (including phenoxy) is 1. The Labute approximate surface area is 154 Å². The third kappa shape index (κ3) is 3.81. The van der Waals surface area contributed by atoms with Gasteiger partial charge in [0.25, 0.3) is 5.91 Å². The molecule has 27 heavy (non-hydrogen) atoms. The molecule has 138 valence electrons. The van der Waals surface area contributed by atoms with Gasteiger partial charge in [-0.3, -0.25) is 4.79 Å². The normalized spacial score (nSPS) is 13.3. The first-order valence-corrected chi connectivity index (χ1v) is 8.49. The molecule has 0 N–H and O–H groups in total. The number of amides is 1. The van der Waals surface area contributed by atoms with Gasteiger partial charge in [0.05, 0.1) is 12.2 Å². The highest BCUT2D eigenvalue weighted by atomic mass is 19.1. The van der Waals surface area contributed by atoms with Crippen molar-refractivity contribution < 1.29 is 22.7 Å². The van der Waals surface area contributed by atoms with Crippen LogP contribution in [0.5, 0.6) is 5.75 Å². The Morgan fingerprint density at radius 2 is 1.74 bits per heavy atom. The van der Waals surface area contributed by atoms with Crippen molar-refractivity contribution in [3.05, 3.63) is 83.1 Å². The molecular weight excluding hydrogens is 354 g/mol. The SMILES string of the molecule is O=C(c1ccc(F)cc1)N1CCc2nc(COc3ccc(F)cc3)oc2C1. The Morgan fingerprint density at radius 3 is 2.44 bits per heavy atom. The van der Waals surface area contributed by atoms with Crippen LogP contribution in [0.4, 0.5) is 8.78 Å². The summed E-state index contributed by atoms with van der Waals surface area (Å²) in [4.78, 5) is 18.6. The molecule has 0 spiro atoms. The van der Waals surface area contributed by atoms with E-state index in [1.54, 1.807) is 4.90 Å². The van der Waals surface area contributed by atoms with Crippen LogP contribution < -0.4 is 4.74 Å². The van der Waals surface area contributed by atoms with Gasteiger partial charge in [0, 0.05) is 18.5 Å². The summed E-state index contributed by atoms with van der Waals surface area (Å²) in [5, 5.41) is 0. The maximum absolute atomic E-state index is 13.0. The summed E-state index contributed by atoms with van der Waals surface area (Å²) in [6, 6.07) is 11.2. The number of aromatic nitrogens is 1. The van der Waals surface area contributed by atoms with Crippen LogP contribution in [0.15, 0.2) is 52.9 Å². The van der Waals surface area contributed by atoms with Crippen molar-refractivity contribution in [2.75, 3.05) is 6.54 Å². The van der Waals surface area contributed by atoms with Gasteiger partial charge in [-0.05, 0) is 48.5 Å². The first-order chi connectivity index (χ1) is 13.1. The number of fused-ring (bicyclic) bond motifs is 1. The zero-order valence-electron chi connectivity index (χ0n) is 14.3. The summed E-state index contributed by atoms with van der Waals surface area (Å²) in [5.41, 5.74) is 1.23. The molecule has 1 aromatic heterocycles. The second-order valence-corrected chi connectivity index (χ2v) is 6.20. The van der Waals surface area contributed by atoms with Gasteiger partial charge < -0.3 is 14.1 Å². The van der Waals surface area contributed by atoms with Crippen LogP contribution in [0.2, 0.25) is 0 Å². The molecule has 0 atom stereocenters. The summed E-state index contributed by atoms with van der Waals surface area (Å²) >= 11 is 0. The van der Waals surface area contributed by atoms with Crippen molar-refractivity contribution in [1.29, 1.82) is 0 Å². The number of oxazole rings is 1. The van der Waals surface area contributed by atoms with E-state index in [4.69, 9.17) is 9.15 Å². The lowest BCUT2D eigenvalue weighted by Crippen LogP contribution is -2.35. The van der Waals surface area contributed by atoms with Crippen molar-refractivity contribution in [3.63, 3.8) is 0 Å². The number of halogens is 2. The summed E-state index contributed by atoms with van der Waals surface area (Å²) in [6.07, 6.45) is 0.572. The summed E-state index contributed by atoms with van der Waals surface area (Å²) in [5.74, 6) is 0.644. The Hall–Kier alpha value is -3.22. The van der Waals surface area contributed by atoms with E-state index in [9.17, 15) is 13.6 Å². The molecule has 0 unspecified atom stereocenters. The van der Waals surface area contributed by atoms with Crippen molar-refractivity contribution in [1.82, 2.24) is 9.88 Å². The van der Waals surface area contributed by atoms with Gasteiger partial charge >= 0.3 is 0 Å². The van der Waals surface area contributed by atoms with Crippen molar-refractivity contribution in [2.45, 2.75) is 19.6 Å². The fourth-order valence-electron chi connectivity index (χ4n) is 2.93. The van der Waals surface area contributed by atoms with Gasteiger partial charge in [-0.15, -0.1) is 0 Å². The molecule has 3 aromatic rings. The minimum Gasteiger partial charge on any atom is -0.484 e. The second-order valence-electron chi connectivity index (χ2n) is 6.20. The molecule has 1 amide bonds. The van der Waals surface area contributed by atoms with Crippen molar-refractivity contribution >= 4 is 5.91 Å². The van der Waals surface area contributed by atoms with E-state index >= 15 is 0 Å². The maximum atomic E-state index is 13.0. The molecule has 7 heteroatoms. The molecule has 1 aliphatic heterocycles. The van der Waals surface area contributed by atoms with Gasteiger partial charge in [0.2, 0.25) is 5.89 Å². The van der Waals surface area contributed by atoms with Crippen LogP contribution in [-0.2, 0) is 19.6 Å². The van der Waals surface area contributed by atoms with E-state index in [1.165, 1.54) is 48.5 Å². The third-order valence-corrected chi connectivity index (χ3v) is 4.33. The van der Waals surface area contributed by atoms with Gasteiger partial charge in [0.1, 0.15) is 23.1 Å². The molecule has 4 rings (SSSR count). The molecule has 1 aliphatic rings. The summed E-state index contributed by atoms with van der Waals surface area (Å²) in [7, 11) is 0. The highest BCUT2D eigenvalue weighted by Crippen LogP contribution is 2.22. The molecule has 2 heterocycles. The molecule has 0 radical (unpaired) electrons. The van der Waals surface area contributed by atoms with E-state index < -0.39 is 0 Å². The van der Waals surface area contributed by atoms with Gasteiger partial charge in [-0.25, -0.2) is 13.8 Å². The first-order valence-electron chi connectivity index (χ1n) is 8.49. The molecule has 0 saturated heterocycles. The topological polar surface area (TPSA) is 55.6 Å². The van der Waals surface area contributed by atoms with Crippen LogP contribution in [0.25, 0.3) is 0 Å². The largest absolute Gasteiger partial charge is 0.484 e. The van der Waals surface area contributed by atoms with Crippen LogP contribution in [0, 0.1) is 11.6 Å². The zero-order chi connectivity index (χ0) is 18.8. The fourth-order valence-corrected chi connectivity index (χ4v) is 2.93. The second kappa shape index (κ2) is 7.19. The highest BCUT2D eigenvalue weighted by molar-refractivity contribution is 5.94. The lowest BCUT2D eigenvalue weighted by atomic mass is 10.1. The van der Waals surface area contributed by atoms with E-state index in [1.807, 2.05) is 0 Å². The lowest BCUT2D eigenvalue weighted by molar-refractivity contribution is 0.0718. The van der Waals surface area contributed by atoms with E-state index in [-0.39, 0.29) is 24.1 Å². The van der Waals surface area contributed by atoms with Crippen LogP contribution >= 0.6 is 0 Å². The summed E-state index contributed by atoms with van der Waals surface area (Å²) < 4.78 is 37.2. The Kier molecular flexibility index (Phi) is 4.58. The number of benzene rings is 2. The smallest absolute Gasteiger partial charge is 0.254 e. The molecular formula is C20H16F2N2O3. The standard InChI is InChI=1S/C20H16F2N2O3/c21-14-3-1-13(2-4-14)20(25)24-10-9-17-18(11-24)27-19(23-17)12-26-16-7-5-15(22)6-8-16/h1-8H,9-12H2. The van der Waals surface area contributed by atoms with Gasteiger partial charge in [-0.1, -0.05) is 0 Å². The molecule has 2 aromatic carbocycles. The predicted octanol–water partition coefficient (Wildman–Crippen LogP) is 3.73. The first kappa shape index (κ1) is 17.2. The van der Waals surface area contributed by atoms with Gasteiger partial charge in [-0.2, -0.15) is 0 Å². The fraction of sp³-hybridized carbons (Fsp3) is 0.200. The predicted molar refractivity (Wildman–Crippen MR) is 92.1 cm³/mol. The molecule has 0 fully saturated rings. The number of carbonyl (C=O) groups is 1. The number of hydrogen-bond donors (Lipinski definition) is 0. The molecule has 0 saturated carbocycles. The van der Waals surface area contributed by atoms with Crippen LogP contribution in [0.3, 0.4) is 0 Å². The zero-order valence-corrected chi connectivity index (χ0v) is 14.3. The van der Waals surface area contributed by atoms with E-state index in [0.717, 1.165) is 5.69 Å². The maximum Gasteiger partial charge on any atom is 0.254 e. The average Bonchev–Trinajstić information content (AvgIpc) is 3.09. The summed E-state index contributed by atoms with van der Waals surface area (Å²) in [6.45, 7) is 0.924. The quantitative estimate of drug-likeness (QED) is 0.702. The van der Waals surface area contributed by atoms with Crippen LogP contribution in [-0.4, -0.2) is 22.3 Å². The number of rotatable bonds is 4. The van der Waals surface area contributed by atoms with Crippen molar-refractivity contribution in [3.8, 4) is 5.75 Å². The van der Waals surface area contributed by atoms with E-state index in [2.05, 4.69) is 4.98 Å². The lowest BCUT2D eigenvalue weighted by Gasteiger charge is -2.25.